The van der Waals surface area contributed by atoms with Crippen LogP contribution in [-0.4, -0.2) is 32.7 Å². The Bertz CT molecular complexity index is 1090. The monoisotopic (exact) mass is 399 g/mol. The fourth-order valence-electron chi connectivity index (χ4n) is 3.32. The van der Waals surface area contributed by atoms with Gasteiger partial charge >= 0.3 is 0 Å². The third-order valence-electron chi connectivity index (χ3n) is 4.95. The molecule has 0 saturated heterocycles. The number of fused-ring (bicyclic) bond motifs is 1. The molecule has 28 heavy (non-hydrogen) atoms. The Labute approximate surface area is 165 Å². The number of amides is 1. The molecule has 3 aromatic rings. The molecule has 0 radical (unpaired) electrons. The predicted octanol–water partition coefficient (Wildman–Crippen LogP) is 3.50. The van der Waals surface area contributed by atoms with Gasteiger partial charge in [0.15, 0.2) is 5.76 Å². The second-order valence-corrected chi connectivity index (χ2v) is 7.21. The zero-order valence-corrected chi connectivity index (χ0v) is 15.8. The maximum absolute atomic E-state index is 12.9. The minimum Gasteiger partial charge on any atom is -0.507 e. The Kier molecular flexibility index (Phi) is 4.39. The fraction of sp³-hybridized carbons (Fsp3) is 0.200. The molecule has 0 saturated carbocycles. The predicted molar refractivity (Wildman–Crippen MR) is 104 cm³/mol. The SMILES string of the molecule is Cc1cc(C(=O)N2CCc3noc(-c4cc(Cl)c(O)cc4O)c3C2)ccc1N. The van der Waals surface area contributed by atoms with Crippen LogP contribution in [0, 0.1) is 6.92 Å². The van der Waals surface area contributed by atoms with Crippen LogP contribution in [0.3, 0.4) is 0 Å². The number of aromatic hydroxyl groups is 2. The number of aryl methyl sites for hydroxylation is 1. The van der Waals surface area contributed by atoms with Gasteiger partial charge in [0, 0.05) is 35.8 Å². The molecule has 8 heteroatoms. The number of benzene rings is 2. The Balaban J connectivity index is 1.67. The van der Waals surface area contributed by atoms with Gasteiger partial charge in [0.25, 0.3) is 5.91 Å². The Morgan fingerprint density at radius 1 is 1.25 bits per heavy atom. The number of carbonyl (C=O) groups excluding carboxylic acids is 1. The van der Waals surface area contributed by atoms with E-state index in [0.717, 1.165) is 17.3 Å². The molecule has 0 aliphatic carbocycles. The van der Waals surface area contributed by atoms with E-state index in [-0.39, 0.29) is 29.0 Å². The zero-order chi connectivity index (χ0) is 20.0. The van der Waals surface area contributed by atoms with Gasteiger partial charge in [0.05, 0.1) is 22.8 Å². The maximum Gasteiger partial charge on any atom is 0.254 e. The van der Waals surface area contributed by atoms with E-state index in [0.29, 0.717) is 41.1 Å². The summed E-state index contributed by atoms with van der Waals surface area (Å²) in [6.07, 6.45) is 0.533. The first-order valence-corrected chi connectivity index (χ1v) is 9.07. The van der Waals surface area contributed by atoms with Crippen molar-refractivity contribution in [1.82, 2.24) is 10.1 Å². The molecule has 0 atom stereocenters. The molecule has 0 unspecified atom stereocenters. The molecular formula is C20H18ClN3O4. The number of carbonyl (C=O) groups is 1. The average Bonchev–Trinajstić information content (AvgIpc) is 3.09. The maximum atomic E-state index is 12.9. The molecule has 144 valence electrons. The highest BCUT2D eigenvalue weighted by Gasteiger charge is 2.29. The van der Waals surface area contributed by atoms with Crippen LogP contribution in [0.2, 0.25) is 5.02 Å². The summed E-state index contributed by atoms with van der Waals surface area (Å²) in [5, 5.41) is 24.0. The topological polar surface area (TPSA) is 113 Å². The second kappa shape index (κ2) is 6.76. The summed E-state index contributed by atoms with van der Waals surface area (Å²) in [6, 6.07) is 7.76. The number of nitrogens with zero attached hydrogens (tertiary/aromatic N) is 2. The van der Waals surface area contributed by atoms with Crippen molar-refractivity contribution in [3.05, 3.63) is 57.7 Å². The standard InChI is InChI=1S/C20H18ClN3O4/c1-10-6-11(2-3-15(10)22)20(27)24-5-4-16-13(9-24)19(28-23-16)12-7-14(21)18(26)8-17(12)25/h2-3,6-8,25-26H,4-5,9,22H2,1H3. The summed E-state index contributed by atoms with van der Waals surface area (Å²) in [6.45, 7) is 2.65. The van der Waals surface area contributed by atoms with Crippen molar-refractivity contribution in [2.75, 3.05) is 12.3 Å². The number of rotatable bonds is 2. The molecule has 1 amide bonds. The quantitative estimate of drug-likeness (QED) is 0.568. The van der Waals surface area contributed by atoms with Gasteiger partial charge in [0.1, 0.15) is 11.5 Å². The van der Waals surface area contributed by atoms with Crippen molar-refractivity contribution in [1.29, 1.82) is 0 Å². The first kappa shape index (κ1) is 18.2. The third-order valence-corrected chi connectivity index (χ3v) is 5.25. The van der Waals surface area contributed by atoms with E-state index in [1.54, 1.807) is 23.1 Å². The molecule has 4 rings (SSSR count). The summed E-state index contributed by atoms with van der Waals surface area (Å²) in [5.74, 6) is -0.195. The fourth-order valence-corrected chi connectivity index (χ4v) is 3.49. The van der Waals surface area contributed by atoms with Gasteiger partial charge in [-0.3, -0.25) is 4.79 Å². The van der Waals surface area contributed by atoms with Crippen molar-refractivity contribution < 1.29 is 19.5 Å². The van der Waals surface area contributed by atoms with Gasteiger partial charge < -0.3 is 25.4 Å². The van der Waals surface area contributed by atoms with Crippen LogP contribution in [0.25, 0.3) is 11.3 Å². The number of hydrogen-bond acceptors (Lipinski definition) is 6. The molecule has 0 spiro atoms. The van der Waals surface area contributed by atoms with Crippen LogP contribution >= 0.6 is 11.6 Å². The van der Waals surface area contributed by atoms with Crippen LogP contribution in [0.5, 0.6) is 11.5 Å². The van der Waals surface area contributed by atoms with Gasteiger partial charge in [-0.15, -0.1) is 0 Å². The summed E-state index contributed by atoms with van der Waals surface area (Å²) in [7, 11) is 0. The molecule has 7 nitrogen and oxygen atoms in total. The highest BCUT2D eigenvalue weighted by molar-refractivity contribution is 6.32. The molecule has 1 aliphatic heterocycles. The van der Waals surface area contributed by atoms with Crippen molar-refractivity contribution >= 4 is 23.2 Å². The number of nitrogens with two attached hydrogens (primary N) is 1. The molecule has 0 bridgehead atoms. The smallest absolute Gasteiger partial charge is 0.254 e. The van der Waals surface area contributed by atoms with E-state index in [9.17, 15) is 15.0 Å². The Morgan fingerprint density at radius 3 is 2.79 bits per heavy atom. The molecule has 0 fully saturated rings. The number of phenolic OH excluding ortho intramolecular Hbond substituents is 2. The van der Waals surface area contributed by atoms with Gasteiger partial charge in [-0.1, -0.05) is 16.8 Å². The highest BCUT2D eigenvalue weighted by atomic mass is 35.5. The summed E-state index contributed by atoms with van der Waals surface area (Å²) >= 11 is 5.97. The van der Waals surface area contributed by atoms with Crippen molar-refractivity contribution in [2.45, 2.75) is 19.9 Å². The molecule has 4 N–H and O–H groups in total. The summed E-state index contributed by atoms with van der Waals surface area (Å²) < 4.78 is 5.44. The number of anilines is 1. The Hall–Kier alpha value is -3.19. The van der Waals surface area contributed by atoms with E-state index in [4.69, 9.17) is 21.9 Å². The third kappa shape index (κ3) is 3.03. The van der Waals surface area contributed by atoms with Crippen LogP contribution in [0.4, 0.5) is 5.69 Å². The lowest BCUT2D eigenvalue weighted by molar-refractivity contribution is 0.0734. The van der Waals surface area contributed by atoms with Gasteiger partial charge in [-0.2, -0.15) is 0 Å². The normalized spacial score (nSPS) is 13.4. The minimum atomic E-state index is -0.230. The van der Waals surface area contributed by atoms with E-state index < -0.39 is 0 Å². The molecular weight excluding hydrogens is 382 g/mol. The van der Waals surface area contributed by atoms with Crippen LogP contribution in [-0.2, 0) is 13.0 Å². The van der Waals surface area contributed by atoms with Crippen molar-refractivity contribution in [3.8, 4) is 22.8 Å². The first-order chi connectivity index (χ1) is 13.3. The van der Waals surface area contributed by atoms with Gasteiger partial charge in [0.2, 0.25) is 0 Å². The second-order valence-electron chi connectivity index (χ2n) is 6.81. The number of hydrogen-bond donors (Lipinski definition) is 3. The van der Waals surface area contributed by atoms with Gasteiger partial charge in [-0.25, -0.2) is 0 Å². The number of nitrogen functional groups attached to an aromatic ring is 1. The first-order valence-electron chi connectivity index (χ1n) is 8.70. The number of phenols is 2. The molecule has 1 aliphatic rings. The lowest BCUT2D eigenvalue weighted by Gasteiger charge is -2.26. The highest BCUT2D eigenvalue weighted by Crippen LogP contribution is 2.40. The van der Waals surface area contributed by atoms with Gasteiger partial charge in [-0.05, 0) is 36.8 Å². The average molecular weight is 400 g/mol. The molecule has 2 aromatic carbocycles. The van der Waals surface area contributed by atoms with Crippen molar-refractivity contribution in [2.24, 2.45) is 0 Å². The zero-order valence-electron chi connectivity index (χ0n) is 15.1. The van der Waals surface area contributed by atoms with Crippen LogP contribution in [0.1, 0.15) is 27.2 Å². The largest absolute Gasteiger partial charge is 0.507 e. The van der Waals surface area contributed by atoms with Crippen molar-refractivity contribution in [3.63, 3.8) is 0 Å². The van der Waals surface area contributed by atoms with E-state index in [1.165, 1.54) is 6.07 Å². The molecule has 1 aromatic heterocycles. The molecule has 2 heterocycles. The lowest BCUT2D eigenvalue weighted by Crippen LogP contribution is -2.36. The Morgan fingerprint density at radius 2 is 2.04 bits per heavy atom. The van der Waals surface area contributed by atoms with Crippen LogP contribution in [0.15, 0.2) is 34.9 Å². The summed E-state index contributed by atoms with van der Waals surface area (Å²) in [4.78, 5) is 14.6. The number of aromatic nitrogens is 1. The number of halogens is 1. The van der Waals surface area contributed by atoms with E-state index >= 15 is 0 Å². The van der Waals surface area contributed by atoms with Crippen LogP contribution < -0.4 is 5.73 Å². The van der Waals surface area contributed by atoms with E-state index in [1.807, 2.05) is 6.92 Å². The lowest BCUT2D eigenvalue weighted by atomic mass is 10.00. The van der Waals surface area contributed by atoms with E-state index in [2.05, 4.69) is 5.16 Å². The minimum absolute atomic E-state index is 0.0824. The summed E-state index contributed by atoms with van der Waals surface area (Å²) in [5.41, 5.74) is 9.64.